The first kappa shape index (κ1) is 14.9. The van der Waals surface area contributed by atoms with E-state index < -0.39 is 0 Å². The smallest absolute Gasteiger partial charge is 0.274 e. The summed E-state index contributed by atoms with van der Waals surface area (Å²) in [6.45, 7) is 11.6. The minimum absolute atomic E-state index is 0.0119. The molecule has 0 N–H and O–H groups in total. The number of carbonyl (C=O) groups excluding carboxylic acids is 1. The highest BCUT2D eigenvalue weighted by atomic mass is 16.5. The Morgan fingerprint density at radius 1 is 1.35 bits per heavy atom. The van der Waals surface area contributed by atoms with Gasteiger partial charge in [-0.2, -0.15) is 5.10 Å². The third kappa shape index (κ3) is 3.52. The number of aryl methyl sites for hydroxylation is 1. The van der Waals surface area contributed by atoms with Gasteiger partial charge in [-0.3, -0.25) is 4.79 Å². The first-order valence-electron chi connectivity index (χ1n) is 7.47. The number of fused-ring (bicyclic) bond motifs is 1. The Bertz CT molecular complexity index is 432. The Labute approximate surface area is 120 Å². The highest BCUT2D eigenvalue weighted by molar-refractivity contribution is 5.92. The van der Waals surface area contributed by atoms with Gasteiger partial charge in [-0.1, -0.05) is 27.7 Å². The van der Waals surface area contributed by atoms with Gasteiger partial charge in [0.05, 0.1) is 6.61 Å². The molecule has 1 aliphatic heterocycles. The molecule has 0 unspecified atom stereocenters. The first-order chi connectivity index (χ1) is 9.47. The molecule has 1 aliphatic rings. The van der Waals surface area contributed by atoms with Crippen molar-refractivity contribution < 1.29 is 9.53 Å². The molecular formula is C15H25N3O2. The fourth-order valence-electron chi connectivity index (χ4n) is 2.46. The summed E-state index contributed by atoms with van der Waals surface area (Å²) in [4.78, 5) is 14.5. The summed E-state index contributed by atoms with van der Waals surface area (Å²) in [5.74, 6) is 1.63. The van der Waals surface area contributed by atoms with Gasteiger partial charge in [0, 0.05) is 32.1 Å². The maximum Gasteiger partial charge on any atom is 0.274 e. The molecule has 5 nitrogen and oxygen atoms in total. The second kappa shape index (κ2) is 6.29. The average molecular weight is 279 g/mol. The summed E-state index contributed by atoms with van der Waals surface area (Å²) in [6, 6.07) is 1.77. The maximum atomic E-state index is 12.6. The average Bonchev–Trinajstić information content (AvgIpc) is 2.79. The van der Waals surface area contributed by atoms with E-state index in [0.29, 0.717) is 30.0 Å². The number of aromatic nitrogens is 2. The minimum atomic E-state index is 0.0119. The standard InChI is InChI=1S/C15H25N3O2/c1-11(2)9-17(10-12(3)4)15(19)13-8-14-18(16-13)6-5-7-20-14/h8,11-12H,5-7,9-10H2,1-4H3. The number of ether oxygens (including phenoxy) is 1. The van der Waals surface area contributed by atoms with Gasteiger partial charge in [-0.05, 0) is 11.8 Å². The molecule has 0 spiro atoms. The molecule has 5 heteroatoms. The molecule has 2 heterocycles. The second-order valence-corrected chi connectivity index (χ2v) is 6.29. The van der Waals surface area contributed by atoms with E-state index in [0.717, 1.165) is 26.1 Å². The van der Waals surface area contributed by atoms with Crippen molar-refractivity contribution in [1.82, 2.24) is 14.7 Å². The Morgan fingerprint density at radius 2 is 2.00 bits per heavy atom. The molecule has 0 fully saturated rings. The third-order valence-electron chi connectivity index (χ3n) is 3.18. The molecule has 0 bridgehead atoms. The maximum absolute atomic E-state index is 12.6. The van der Waals surface area contributed by atoms with E-state index >= 15 is 0 Å². The van der Waals surface area contributed by atoms with Gasteiger partial charge in [0.25, 0.3) is 5.91 Å². The molecule has 20 heavy (non-hydrogen) atoms. The van der Waals surface area contributed by atoms with Gasteiger partial charge < -0.3 is 9.64 Å². The lowest BCUT2D eigenvalue weighted by atomic mass is 10.1. The molecule has 0 aromatic carbocycles. The van der Waals surface area contributed by atoms with E-state index in [1.165, 1.54) is 0 Å². The summed E-state index contributed by atoms with van der Waals surface area (Å²) < 4.78 is 7.32. The zero-order valence-electron chi connectivity index (χ0n) is 12.9. The fraction of sp³-hybridized carbons (Fsp3) is 0.733. The van der Waals surface area contributed by atoms with Crippen molar-refractivity contribution in [2.45, 2.75) is 40.7 Å². The topological polar surface area (TPSA) is 47.4 Å². The highest BCUT2D eigenvalue weighted by Gasteiger charge is 2.23. The summed E-state index contributed by atoms with van der Waals surface area (Å²) in [5.41, 5.74) is 0.503. The van der Waals surface area contributed by atoms with Crippen molar-refractivity contribution in [3.63, 3.8) is 0 Å². The molecule has 0 saturated carbocycles. The van der Waals surface area contributed by atoms with Crippen LogP contribution < -0.4 is 4.74 Å². The van der Waals surface area contributed by atoms with E-state index in [1.807, 2.05) is 4.90 Å². The normalized spacial score (nSPS) is 14.3. The van der Waals surface area contributed by atoms with Gasteiger partial charge in [-0.15, -0.1) is 0 Å². The molecule has 1 aromatic heterocycles. The second-order valence-electron chi connectivity index (χ2n) is 6.29. The molecule has 0 radical (unpaired) electrons. The van der Waals surface area contributed by atoms with Crippen LogP contribution in [0.4, 0.5) is 0 Å². The quantitative estimate of drug-likeness (QED) is 0.831. The highest BCUT2D eigenvalue weighted by Crippen LogP contribution is 2.20. The van der Waals surface area contributed by atoms with Gasteiger partial charge in [0.1, 0.15) is 0 Å². The van der Waals surface area contributed by atoms with E-state index in [1.54, 1.807) is 10.7 Å². The van der Waals surface area contributed by atoms with Gasteiger partial charge in [-0.25, -0.2) is 4.68 Å². The Morgan fingerprint density at radius 3 is 2.55 bits per heavy atom. The zero-order valence-corrected chi connectivity index (χ0v) is 12.9. The molecule has 112 valence electrons. The number of hydrogen-bond acceptors (Lipinski definition) is 3. The first-order valence-corrected chi connectivity index (χ1v) is 7.47. The SMILES string of the molecule is CC(C)CN(CC(C)C)C(=O)c1cc2n(n1)CCCO2. The molecule has 2 rings (SSSR count). The number of amides is 1. The lowest BCUT2D eigenvalue weighted by molar-refractivity contribution is 0.0708. The molecule has 0 saturated heterocycles. The van der Waals surface area contributed by atoms with E-state index in [4.69, 9.17) is 4.74 Å². The van der Waals surface area contributed by atoms with Crippen LogP contribution in [0, 0.1) is 11.8 Å². The van der Waals surface area contributed by atoms with Crippen molar-refractivity contribution in [2.75, 3.05) is 19.7 Å². The van der Waals surface area contributed by atoms with Crippen molar-refractivity contribution >= 4 is 5.91 Å². The summed E-state index contributed by atoms with van der Waals surface area (Å²) >= 11 is 0. The molecule has 0 aliphatic carbocycles. The number of carbonyl (C=O) groups is 1. The van der Waals surface area contributed by atoms with Crippen LogP contribution >= 0.6 is 0 Å². The molecular weight excluding hydrogens is 254 g/mol. The van der Waals surface area contributed by atoms with E-state index in [2.05, 4.69) is 32.8 Å². The Kier molecular flexibility index (Phi) is 4.68. The fourth-order valence-corrected chi connectivity index (χ4v) is 2.46. The number of rotatable bonds is 5. The molecule has 0 atom stereocenters. The monoisotopic (exact) mass is 279 g/mol. The van der Waals surface area contributed by atoms with Gasteiger partial charge in [0.15, 0.2) is 5.69 Å². The van der Waals surface area contributed by atoms with Crippen LogP contribution in [-0.2, 0) is 6.54 Å². The van der Waals surface area contributed by atoms with Crippen LogP contribution in [0.15, 0.2) is 6.07 Å². The van der Waals surface area contributed by atoms with Crippen LogP contribution in [0.5, 0.6) is 5.88 Å². The molecule has 1 amide bonds. The van der Waals surface area contributed by atoms with Crippen molar-refractivity contribution in [3.05, 3.63) is 11.8 Å². The van der Waals surface area contributed by atoms with Crippen LogP contribution in [0.1, 0.15) is 44.6 Å². The number of nitrogens with zero attached hydrogens (tertiary/aromatic N) is 3. The van der Waals surface area contributed by atoms with Crippen LogP contribution in [0.25, 0.3) is 0 Å². The van der Waals surface area contributed by atoms with Crippen LogP contribution in [0.3, 0.4) is 0 Å². The van der Waals surface area contributed by atoms with Crippen molar-refractivity contribution in [2.24, 2.45) is 11.8 Å². The van der Waals surface area contributed by atoms with Crippen LogP contribution in [0.2, 0.25) is 0 Å². The third-order valence-corrected chi connectivity index (χ3v) is 3.18. The lowest BCUT2D eigenvalue weighted by Gasteiger charge is -2.25. The Balaban J connectivity index is 2.15. The van der Waals surface area contributed by atoms with Crippen LogP contribution in [-0.4, -0.2) is 40.3 Å². The van der Waals surface area contributed by atoms with Crippen molar-refractivity contribution in [3.8, 4) is 5.88 Å². The van der Waals surface area contributed by atoms with E-state index in [-0.39, 0.29) is 5.91 Å². The van der Waals surface area contributed by atoms with Gasteiger partial charge in [0.2, 0.25) is 5.88 Å². The lowest BCUT2D eigenvalue weighted by Crippen LogP contribution is -2.37. The number of hydrogen-bond donors (Lipinski definition) is 0. The molecule has 1 aromatic rings. The summed E-state index contributed by atoms with van der Waals surface area (Å²) in [7, 11) is 0. The Hall–Kier alpha value is -1.52. The zero-order chi connectivity index (χ0) is 14.7. The minimum Gasteiger partial charge on any atom is -0.478 e. The van der Waals surface area contributed by atoms with E-state index in [9.17, 15) is 4.79 Å². The predicted octanol–water partition coefficient (Wildman–Crippen LogP) is 2.42. The predicted molar refractivity (Wildman–Crippen MR) is 77.9 cm³/mol. The van der Waals surface area contributed by atoms with Crippen molar-refractivity contribution in [1.29, 1.82) is 0 Å². The largest absolute Gasteiger partial charge is 0.478 e. The summed E-state index contributed by atoms with van der Waals surface area (Å²) in [5, 5.41) is 4.39. The summed E-state index contributed by atoms with van der Waals surface area (Å²) in [6.07, 6.45) is 0.948. The van der Waals surface area contributed by atoms with Gasteiger partial charge >= 0.3 is 0 Å².